The predicted molar refractivity (Wildman–Crippen MR) is 109 cm³/mol. The molecule has 152 valence electrons. The molecule has 0 atom stereocenters. The van der Waals surface area contributed by atoms with E-state index in [9.17, 15) is 4.79 Å². The molecule has 0 spiro atoms. The number of aromatic nitrogens is 4. The van der Waals surface area contributed by atoms with Gasteiger partial charge in [0, 0.05) is 49.9 Å². The SMILES string of the molecule is CN(C)CCN(Cc1ccc(Cl)cc1)C(=O)CCc1nc(-c2ncccn2)no1. The number of likely N-dealkylation sites (N-methyl/N-ethyl adjacent to an activating group) is 1. The van der Waals surface area contributed by atoms with Gasteiger partial charge in [0.1, 0.15) is 0 Å². The van der Waals surface area contributed by atoms with Crippen molar-refractivity contribution in [3.8, 4) is 11.6 Å². The Morgan fingerprint density at radius 1 is 1.07 bits per heavy atom. The van der Waals surface area contributed by atoms with E-state index in [1.807, 2.05) is 48.2 Å². The van der Waals surface area contributed by atoms with Gasteiger partial charge in [0.05, 0.1) is 0 Å². The highest BCUT2D eigenvalue weighted by Crippen LogP contribution is 2.14. The highest BCUT2D eigenvalue weighted by Gasteiger charge is 2.17. The molecule has 1 aromatic carbocycles. The molecule has 0 bridgehead atoms. The minimum absolute atomic E-state index is 0.0255. The Morgan fingerprint density at radius 2 is 1.79 bits per heavy atom. The van der Waals surface area contributed by atoms with E-state index < -0.39 is 0 Å². The summed E-state index contributed by atoms with van der Waals surface area (Å²) in [4.78, 5) is 29.2. The molecule has 0 unspecified atom stereocenters. The van der Waals surface area contributed by atoms with Gasteiger partial charge < -0.3 is 14.3 Å². The molecule has 3 aromatic rings. The number of benzene rings is 1. The molecule has 3 rings (SSSR count). The van der Waals surface area contributed by atoms with E-state index >= 15 is 0 Å². The average Bonchev–Trinajstić information content (AvgIpc) is 3.20. The zero-order chi connectivity index (χ0) is 20.6. The van der Waals surface area contributed by atoms with E-state index in [4.69, 9.17) is 16.1 Å². The van der Waals surface area contributed by atoms with Crippen molar-refractivity contribution in [2.45, 2.75) is 19.4 Å². The number of carbonyl (C=O) groups excluding carboxylic acids is 1. The molecule has 0 fully saturated rings. The minimum atomic E-state index is 0.0255. The maximum Gasteiger partial charge on any atom is 0.240 e. The third-order valence-corrected chi connectivity index (χ3v) is 4.50. The van der Waals surface area contributed by atoms with Gasteiger partial charge in [-0.05, 0) is 37.9 Å². The van der Waals surface area contributed by atoms with Crippen molar-refractivity contribution in [3.63, 3.8) is 0 Å². The topological polar surface area (TPSA) is 88.2 Å². The van der Waals surface area contributed by atoms with Gasteiger partial charge in [0.2, 0.25) is 23.4 Å². The zero-order valence-electron chi connectivity index (χ0n) is 16.5. The van der Waals surface area contributed by atoms with Crippen molar-refractivity contribution in [1.82, 2.24) is 29.9 Å². The van der Waals surface area contributed by atoms with Gasteiger partial charge in [-0.2, -0.15) is 4.98 Å². The van der Waals surface area contributed by atoms with Gasteiger partial charge in [-0.1, -0.05) is 28.9 Å². The van der Waals surface area contributed by atoms with Gasteiger partial charge in [0.25, 0.3) is 0 Å². The first-order chi connectivity index (χ1) is 14.0. The van der Waals surface area contributed by atoms with Crippen molar-refractivity contribution in [2.24, 2.45) is 0 Å². The van der Waals surface area contributed by atoms with Crippen LogP contribution in [0.2, 0.25) is 5.02 Å². The number of hydrogen-bond acceptors (Lipinski definition) is 7. The van der Waals surface area contributed by atoms with Crippen LogP contribution in [0.1, 0.15) is 17.9 Å². The first-order valence-electron chi connectivity index (χ1n) is 9.28. The fraction of sp³-hybridized carbons (Fsp3) is 0.350. The normalized spacial score (nSPS) is 11.0. The standard InChI is InChI=1S/C20H23ClN6O2/c1-26(2)12-13-27(14-15-4-6-16(21)7-5-15)18(28)9-8-17-24-20(25-29-17)19-22-10-3-11-23-19/h3-7,10-11H,8-9,12-14H2,1-2H3. The van der Waals surface area contributed by atoms with Gasteiger partial charge >= 0.3 is 0 Å². The maximum absolute atomic E-state index is 12.8. The summed E-state index contributed by atoms with van der Waals surface area (Å²) in [6, 6.07) is 9.24. The first kappa shape index (κ1) is 20.9. The molecule has 0 aliphatic heterocycles. The number of hydrogen-bond donors (Lipinski definition) is 0. The smallest absolute Gasteiger partial charge is 0.240 e. The lowest BCUT2D eigenvalue weighted by atomic mass is 10.2. The maximum atomic E-state index is 12.8. The van der Waals surface area contributed by atoms with Crippen LogP contribution in [0.15, 0.2) is 47.2 Å². The molecule has 9 heteroatoms. The molecule has 0 saturated carbocycles. The molecule has 0 saturated heterocycles. The molecule has 8 nitrogen and oxygen atoms in total. The van der Waals surface area contributed by atoms with Gasteiger partial charge in [-0.3, -0.25) is 4.79 Å². The van der Waals surface area contributed by atoms with E-state index in [0.717, 1.165) is 12.1 Å². The van der Waals surface area contributed by atoms with Crippen LogP contribution in [0.4, 0.5) is 0 Å². The Kier molecular flexibility index (Phi) is 7.26. The Hall–Kier alpha value is -2.84. The van der Waals surface area contributed by atoms with Gasteiger partial charge in [-0.15, -0.1) is 0 Å². The van der Waals surface area contributed by atoms with Crippen molar-refractivity contribution in [3.05, 3.63) is 59.2 Å². The second-order valence-corrected chi connectivity index (χ2v) is 7.27. The second kappa shape index (κ2) is 10.1. The lowest BCUT2D eigenvalue weighted by Crippen LogP contribution is -2.36. The van der Waals surface area contributed by atoms with Crippen LogP contribution in [0.25, 0.3) is 11.6 Å². The van der Waals surface area contributed by atoms with Crippen molar-refractivity contribution in [2.75, 3.05) is 27.2 Å². The predicted octanol–water partition coefficient (Wildman–Crippen LogP) is 2.70. The average molecular weight is 415 g/mol. The molecule has 0 radical (unpaired) electrons. The van der Waals surface area contributed by atoms with Crippen LogP contribution in [0.5, 0.6) is 0 Å². The van der Waals surface area contributed by atoms with Crippen molar-refractivity contribution < 1.29 is 9.32 Å². The summed E-state index contributed by atoms with van der Waals surface area (Å²) in [6.07, 6.45) is 3.86. The minimum Gasteiger partial charge on any atom is -0.339 e. The Balaban J connectivity index is 1.61. The number of halogens is 1. The Bertz CT molecular complexity index is 914. The lowest BCUT2D eigenvalue weighted by molar-refractivity contribution is -0.132. The van der Waals surface area contributed by atoms with Crippen molar-refractivity contribution in [1.29, 1.82) is 0 Å². The Labute approximate surface area is 174 Å². The molecule has 0 aliphatic carbocycles. The zero-order valence-corrected chi connectivity index (χ0v) is 17.2. The molecular formula is C20H23ClN6O2. The van der Waals surface area contributed by atoms with E-state index in [1.54, 1.807) is 18.5 Å². The summed E-state index contributed by atoms with van der Waals surface area (Å²) in [5.41, 5.74) is 1.03. The highest BCUT2D eigenvalue weighted by atomic mass is 35.5. The van der Waals surface area contributed by atoms with Gasteiger partial charge in [0.15, 0.2) is 0 Å². The van der Waals surface area contributed by atoms with Crippen LogP contribution < -0.4 is 0 Å². The fourth-order valence-electron chi connectivity index (χ4n) is 2.66. The molecule has 1 amide bonds. The summed E-state index contributed by atoms with van der Waals surface area (Å²) in [5, 5.41) is 4.57. The molecule has 0 aliphatic rings. The van der Waals surface area contributed by atoms with E-state index in [0.29, 0.717) is 42.1 Å². The van der Waals surface area contributed by atoms with E-state index in [-0.39, 0.29) is 12.3 Å². The number of carbonyl (C=O) groups is 1. The first-order valence-corrected chi connectivity index (χ1v) is 9.66. The monoisotopic (exact) mass is 414 g/mol. The molecule has 29 heavy (non-hydrogen) atoms. The highest BCUT2D eigenvalue weighted by molar-refractivity contribution is 6.30. The van der Waals surface area contributed by atoms with Crippen LogP contribution in [0, 0.1) is 0 Å². The van der Waals surface area contributed by atoms with E-state index in [2.05, 4.69) is 20.1 Å². The number of rotatable bonds is 9. The molecule has 2 aromatic heterocycles. The summed E-state index contributed by atoms with van der Waals surface area (Å²) in [6.45, 7) is 1.92. The van der Waals surface area contributed by atoms with Crippen LogP contribution >= 0.6 is 11.6 Å². The molecular weight excluding hydrogens is 392 g/mol. The number of nitrogens with zero attached hydrogens (tertiary/aromatic N) is 6. The fourth-order valence-corrected chi connectivity index (χ4v) is 2.78. The Morgan fingerprint density at radius 3 is 2.48 bits per heavy atom. The number of amides is 1. The van der Waals surface area contributed by atoms with Crippen LogP contribution in [-0.2, 0) is 17.8 Å². The summed E-state index contributed by atoms with van der Waals surface area (Å²) >= 11 is 5.96. The third-order valence-electron chi connectivity index (χ3n) is 4.24. The largest absolute Gasteiger partial charge is 0.339 e. The number of aryl methyl sites for hydroxylation is 1. The molecule has 2 heterocycles. The summed E-state index contributed by atoms with van der Waals surface area (Å²) < 4.78 is 5.24. The third kappa shape index (κ3) is 6.33. The second-order valence-electron chi connectivity index (χ2n) is 6.83. The van der Waals surface area contributed by atoms with Crippen molar-refractivity contribution >= 4 is 17.5 Å². The molecule has 0 N–H and O–H groups in total. The quantitative estimate of drug-likeness (QED) is 0.531. The van der Waals surface area contributed by atoms with Gasteiger partial charge in [-0.25, -0.2) is 9.97 Å². The van der Waals surface area contributed by atoms with Crippen LogP contribution in [-0.4, -0.2) is 63.0 Å². The summed E-state index contributed by atoms with van der Waals surface area (Å²) in [7, 11) is 3.97. The van der Waals surface area contributed by atoms with E-state index in [1.165, 1.54) is 0 Å². The summed E-state index contributed by atoms with van der Waals surface area (Å²) in [5.74, 6) is 1.13. The van der Waals surface area contributed by atoms with Crippen LogP contribution in [0.3, 0.4) is 0 Å². The lowest BCUT2D eigenvalue weighted by Gasteiger charge is -2.24.